The molecule has 0 saturated carbocycles. The molecular weight excluding hydrogens is 190 g/mol. The summed E-state index contributed by atoms with van der Waals surface area (Å²) in [6.07, 6.45) is 2.27. The van der Waals surface area contributed by atoms with E-state index in [2.05, 4.69) is 0 Å². The van der Waals surface area contributed by atoms with E-state index in [1.807, 2.05) is 35.0 Å². The molecule has 0 radical (unpaired) electrons. The van der Waals surface area contributed by atoms with Gasteiger partial charge in [-0.3, -0.25) is 4.79 Å². The molecule has 1 amide bonds. The Kier molecular flexibility index (Phi) is 2.33. The SMILES string of the molecule is NC(=O)CCn1ccc2c(N)cccc21. The molecule has 0 atom stereocenters. The van der Waals surface area contributed by atoms with Crippen LogP contribution in [0.5, 0.6) is 0 Å². The third-order valence-electron chi connectivity index (χ3n) is 2.45. The van der Waals surface area contributed by atoms with Gasteiger partial charge in [0.25, 0.3) is 0 Å². The molecule has 0 aliphatic heterocycles. The van der Waals surface area contributed by atoms with Gasteiger partial charge in [0.2, 0.25) is 5.91 Å². The van der Waals surface area contributed by atoms with Gasteiger partial charge in [-0.1, -0.05) is 6.07 Å². The predicted molar refractivity (Wildman–Crippen MR) is 60.2 cm³/mol. The summed E-state index contributed by atoms with van der Waals surface area (Å²) in [7, 11) is 0. The van der Waals surface area contributed by atoms with Crippen LogP contribution in [0.2, 0.25) is 0 Å². The lowest BCUT2D eigenvalue weighted by Gasteiger charge is -2.03. The van der Waals surface area contributed by atoms with Gasteiger partial charge < -0.3 is 16.0 Å². The number of hydrogen-bond donors (Lipinski definition) is 2. The highest BCUT2D eigenvalue weighted by molar-refractivity contribution is 5.91. The first-order valence-corrected chi connectivity index (χ1v) is 4.80. The summed E-state index contributed by atoms with van der Waals surface area (Å²) in [6, 6.07) is 7.69. The number of nitrogens with zero attached hydrogens (tertiary/aromatic N) is 1. The number of hydrogen-bond acceptors (Lipinski definition) is 2. The van der Waals surface area contributed by atoms with Crippen LogP contribution in [0.25, 0.3) is 10.9 Å². The maximum absolute atomic E-state index is 10.7. The molecule has 0 unspecified atom stereocenters. The van der Waals surface area contributed by atoms with Gasteiger partial charge in [-0.05, 0) is 18.2 Å². The van der Waals surface area contributed by atoms with Gasteiger partial charge in [-0.15, -0.1) is 0 Å². The zero-order valence-corrected chi connectivity index (χ0v) is 8.31. The van der Waals surface area contributed by atoms with Crippen molar-refractivity contribution in [1.82, 2.24) is 4.57 Å². The van der Waals surface area contributed by atoms with Crippen LogP contribution in [0.15, 0.2) is 30.5 Å². The lowest BCUT2D eigenvalue weighted by atomic mass is 10.2. The van der Waals surface area contributed by atoms with E-state index in [1.165, 1.54) is 0 Å². The Balaban J connectivity index is 2.37. The van der Waals surface area contributed by atoms with Gasteiger partial charge in [0.05, 0.1) is 5.52 Å². The van der Waals surface area contributed by atoms with Crippen molar-refractivity contribution in [2.75, 3.05) is 5.73 Å². The molecule has 2 rings (SSSR count). The average Bonchev–Trinajstić information content (AvgIpc) is 2.59. The second-order valence-corrected chi connectivity index (χ2v) is 3.51. The first-order valence-electron chi connectivity index (χ1n) is 4.80. The van der Waals surface area contributed by atoms with Crippen molar-refractivity contribution in [3.05, 3.63) is 30.5 Å². The molecule has 4 nitrogen and oxygen atoms in total. The van der Waals surface area contributed by atoms with Crippen molar-refractivity contribution in [3.63, 3.8) is 0 Å². The third kappa shape index (κ3) is 1.79. The molecule has 0 fully saturated rings. The van der Waals surface area contributed by atoms with Gasteiger partial charge in [-0.2, -0.15) is 0 Å². The highest BCUT2D eigenvalue weighted by Gasteiger charge is 2.03. The maximum Gasteiger partial charge on any atom is 0.219 e. The van der Waals surface area contributed by atoms with E-state index < -0.39 is 0 Å². The lowest BCUT2D eigenvalue weighted by Crippen LogP contribution is -2.13. The Morgan fingerprint density at radius 1 is 1.33 bits per heavy atom. The monoisotopic (exact) mass is 203 g/mol. The highest BCUT2D eigenvalue weighted by Crippen LogP contribution is 2.21. The van der Waals surface area contributed by atoms with E-state index >= 15 is 0 Å². The van der Waals surface area contributed by atoms with Crippen LogP contribution in [0.4, 0.5) is 5.69 Å². The molecule has 1 aromatic heterocycles. The normalized spacial score (nSPS) is 10.7. The molecule has 1 heterocycles. The van der Waals surface area contributed by atoms with E-state index in [1.54, 1.807) is 0 Å². The summed E-state index contributed by atoms with van der Waals surface area (Å²) in [5.41, 5.74) is 12.7. The Morgan fingerprint density at radius 2 is 2.13 bits per heavy atom. The minimum atomic E-state index is -0.291. The first kappa shape index (κ1) is 9.58. The standard InChI is InChI=1S/C11H13N3O/c12-9-2-1-3-10-8(9)4-6-14(10)7-5-11(13)15/h1-4,6H,5,7,12H2,(H2,13,15). The molecule has 2 aromatic rings. The summed E-state index contributed by atoms with van der Waals surface area (Å²) in [5, 5.41) is 1.02. The number of anilines is 1. The highest BCUT2D eigenvalue weighted by atomic mass is 16.1. The molecule has 78 valence electrons. The van der Waals surface area contributed by atoms with Crippen molar-refractivity contribution < 1.29 is 4.79 Å². The second kappa shape index (κ2) is 3.65. The zero-order valence-electron chi connectivity index (χ0n) is 8.31. The van der Waals surface area contributed by atoms with Crippen LogP contribution in [0.3, 0.4) is 0 Å². The summed E-state index contributed by atoms with van der Waals surface area (Å²) in [4.78, 5) is 10.7. The fourth-order valence-electron chi connectivity index (χ4n) is 1.67. The number of benzene rings is 1. The van der Waals surface area contributed by atoms with Crippen molar-refractivity contribution in [2.24, 2.45) is 5.73 Å². The van der Waals surface area contributed by atoms with Crippen molar-refractivity contribution in [2.45, 2.75) is 13.0 Å². The van der Waals surface area contributed by atoms with Gasteiger partial charge in [-0.25, -0.2) is 0 Å². The number of carbonyl (C=O) groups is 1. The van der Waals surface area contributed by atoms with Crippen LogP contribution < -0.4 is 11.5 Å². The maximum atomic E-state index is 10.7. The number of nitrogen functional groups attached to an aromatic ring is 1. The minimum Gasteiger partial charge on any atom is -0.398 e. The Morgan fingerprint density at radius 3 is 2.87 bits per heavy atom. The Hall–Kier alpha value is -1.97. The van der Waals surface area contributed by atoms with Crippen LogP contribution >= 0.6 is 0 Å². The first-order chi connectivity index (χ1) is 7.18. The van der Waals surface area contributed by atoms with Gasteiger partial charge >= 0.3 is 0 Å². The van der Waals surface area contributed by atoms with E-state index in [0.717, 1.165) is 16.6 Å². The second-order valence-electron chi connectivity index (χ2n) is 3.51. The smallest absolute Gasteiger partial charge is 0.219 e. The lowest BCUT2D eigenvalue weighted by molar-refractivity contribution is -0.118. The number of aryl methyl sites for hydroxylation is 1. The summed E-state index contributed by atoms with van der Waals surface area (Å²) >= 11 is 0. The number of rotatable bonds is 3. The largest absolute Gasteiger partial charge is 0.398 e. The van der Waals surface area contributed by atoms with E-state index in [4.69, 9.17) is 11.5 Å². The summed E-state index contributed by atoms with van der Waals surface area (Å²) < 4.78 is 1.98. The molecule has 0 aliphatic carbocycles. The van der Waals surface area contributed by atoms with E-state index in [-0.39, 0.29) is 5.91 Å². The average molecular weight is 203 g/mol. The number of aromatic nitrogens is 1. The van der Waals surface area contributed by atoms with Crippen LogP contribution in [-0.4, -0.2) is 10.5 Å². The fourth-order valence-corrected chi connectivity index (χ4v) is 1.67. The minimum absolute atomic E-state index is 0.291. The molecule has 1 aromatic carbocycles. The number of amides is 1. The number of carbonyl (C=O) groups excluding carboxylic acids is 1. The molecule has 0 bridgehead atoms. The van der Waals surface area contributed by atoms with Gasteiger partial charge in [0.15, 0.2) is 0 Å². The van der Waals surface area contributed by atoms with E-state index in [9.17, 15) is 4.79 Å². The topological polar surface area (TPSA) is 74.0 Å². The quantitative estimate of drug-likeness (QED) is 0.733. The predicted octanol–water partition coefficient (Wildman–Crippen LogP) is 1.10. The van der Waals surface area contributed by atoms with Crippen LogP contribution in [-0.2, 0) is 11.3 Å². The molecular formula is C11H13N3O. The number of nitrogens with two attached hydrogens (primary N) is 2. The third-order valence-corrected chi connectivity index (χ3v) is 2.45. The molecule has 4 N–H and O–H groups in total. The molecule has 4 heteroatoms. The van der Waals surface area contributed by atoms with Gasteiger partial charge in [0, 0.05) is 30.2 Å². The van der Waals surface area contributed by atoms with Crippen LogP contribution in [0, 0.1) is 0 Å². The van der Waals surface area contributed by atoms with Crippen molar-refractivity contribution in [1.29, 1.82) is 0 Å². The summed E-state index contributed by atoms with van der Waals surface area (Å²) in [6.45, 7) is 0.599. The van der Waals surface area contributed by atoms with Crippen molar-refractivity contribution >= 4 is 22.5 Å². The van der Waals surface area contributed by atoms with Crippen molar-refractivity contribution in [3.8, 4) is 0 Å². The van der Waals surface area contributed by atoms with Crippen LogP contribution in [0.1, 0.15) is 6.42 Å². The molecule has 0 saturated heterocycles. The fraction of sp³-hybridized carbons (Fsp3) is 0.182. The van der Waals surface area contributed by atoms with Gasteiger partial charge in [0.1, 0.15) is 0 Å². The Labute approximate surface area is 87.5 Å². The zero-order chi connectivity index (χ0) is 10.8. The molecule has 15 heavy (non-hydrogen) atoms. The summed E-state index contributed by atoms with van der Waals surface area (Å²) in [5.74, 6) is -0.291. The molecule has 0 aliphatic rings. The Bertz CT molecular complexity index is 502. The number of primary amides is 1. The number of fused-ring (bicyclic) bond motifs is 1. The molecule has 0 spiro atoms. The van der Waals surface area contributed by atoms with E-state index in [0.29, 0.717) is 13.0 Å².